The second-order valence-electron chi connectivity index (χ2n) is 9.91. The third kappa shape index (κ3) is 4.78. The molecule has 4 rings (SSSR count). The summed E-state index contributed by atoms with van der Waals surface area (Å²) >= 11 is 0. The summed E-state index contributed by atoms with van der Waals surface area (Å²) in [5.74, 6) is -2.03. The van der Waals surface area contributed by atoms with Crippen LogP contribution in [0.15, 0.2) is 30.5 Å². The highest BCUT2D eigenvalue weighted by atomic mass is 32.2. The number of Topliss-reactive ketones (excluding diaryl/α,β-unsaturated/α-hetero) is 1. The molecular weight excluding hydrogens is 485 g/mol. The number of benzene rings is 1. The number of nitrogens with zero attached hydrogens (tertiary/aromatic N) is 2. The number of anilines is 2. The van der Waals surface area contributed by atoms with Crippen molar-refractivity contribution in [1.29, 1.82) is 0 Å². The lowest BCUT2D eigenvalue weighted by atomic mass is 9.78. The van der Waals surface area contributed by atoms with Crippen molar-refractivity contribution in [2.45, 2.75) is 52.1 Å². The lowest BCUT2D eigenvalue weighted by molar-refractivity contribution is -0.121. The van der Waals surface area contributed by atoms with Crippen LogP contribution in [0.2, 0.25) is 0 Å². The summed E-state index contributed by atoms with van der Waals surface area (Å²) in [4.78, 5) is 31.0. The van der Waals surface area contributed by atoms with E-state index in [0.717, 1.165) is 11.0 Å². The molecule has 2 aromatic rings. The minimum absolute atomic E-state index is 0.0478. The number of fused-ring (bicyclic) bond motifs is 1. The molecule has 188 valence electrons. The van der Waals surface area contributed by atoms with E-state index in [2.05, 4.69) is 9.72 Å². The maximum Gasteiger partial charge on any atom is 0.388 e. The Morgan fingerprint density at radius 2 is 1.80 bits per heavy atom. The molecule has 2 aliphatic rings. The quantitative estimate of drug-likeness (QED) is 0.529. The number of rotatable bonds is 6. The number of pyridine rings is 1. The van der Waals surface area contributed by atoms with E-state index < -0.39 is 44.9 Å². The van der Waals surface area contributed by atoms with Gasteiger partial charge in [0, 0.05) is 18.1 Å². The molecule has 0 atom stereocenters. The molecule has 1 aromatic carbocycles. The predicted molar refractivity (Wildman–Crippen MR) is 122 cm³/mol. The normalized spacial score (nSPS) is 20.1. The average Bonchev–Trinajstić information content (AvgIpc) is 2.97. The van der Waals surface area contributed by atoms with Gasteiger partial charge in [0.05, 0.1) is 34.5 Å². The molecule has 7 nitrogen and oxygen atoms in total. The second-order valence-corrected chi connectivity index (χ2v) is 12.2. The van der Waals surface area contributed by atoms with Gasteiger partial charge in [-0.25, -0.2) is 17.8 Å². The highest BCUT2D eigenvalue weighted by molar-refractivity contribution is 7.91. The van der Waals surface area contributed by atoms with Crippen molar-refractivity contribution in [2.24, 2.45) is 5.41 Å². The molecule has 3 heterocycles. The maximum absolute atomic E-state index is 14.6. The first-order valence-corrected chi connectivity index (χ1v) is 12.9. The first-order valence-electron chi connectivity index (χ1n) is 11.1. The molecule has 0 spiro atoms. The van der Waals surface area contributed by atoms with Crippen LogP contribution >= 0.6 is 0 Å². The van der Waals surface area contributed by atoms with Crippen molar-refractivity contribution in [1.82, 2.24) is 4.98 Å². The molecule has 0 bridgehead atoms. The molecular formula is C24H25F3N2O5S. The zero-order valence-electron chi connectivity index (χ0n) is 19.5. The van der Waals surface area contributed by atoms with Crippen LogP contribution in [0.3, 0.4) is 0 Å². The summed E-state index contributed by atoms with van der Waals surface area (Å²) in [5, 5.41) is 0. The molecule has 11 heteroatoms. The first-order chi connectivity index (χ1) is 16.2. The number of amides is 1. The maximum atomic E-state index is 14.6. The first kappa shape index (κ1) is 25.2. The molecule has 0 radical (unpaired) electrons. The van der Waals surface area contributed by atoms with Crippen molar-refractivity contribution in [3.63, 3.8) is 0 Å². The molecule has 1 aromatic heterocycles. The Labute approximate surface area is 201 Å². The van der Waals surface area contributed by atoms with Crippen LogP contribution in [0.5, 0.6) is 5.88 Å². The van der Waals surface area contributed by atoms with Gasteiger partial charge in [0.15, 0.2) is 11.6 Å². The lowest BCUT2D eigenvalue weighted by Gasteiger charge is -2.32. The fourth-order valence-electron chi connectivity index (χ4n) is 4.58. The standard InChI is InChI=1S/C24H25F3N2O5S/c1-23(2)15-10-14(19(30)12-24(3)6-8-35(32,33)9-7-24)4-5-17(15)29(21(23)31)18-11-20(34-22(26)27)28-13-16(18)25/h4-5,10-11,13,22H,6-9,12H2,1-3H3. The molecule has 35 heavy (non-hydrogen) atoms. The average molecular weight is 511 g/mol. The van der Waals surface area contributed by atoms with E-state index in [9.17, 15) is 31.2 Å². The fourth-order valence-corrected chi connectivity index (χ4v) is 6.39. The van der Waals surface area contributed by atoms with Crippen LogP contribution in [0.1, 0.15) is 56.0 Å². The highest BCUT2D eigenvalue weighted by Gasteiger charge is 2.46. The van der Waals surface area contributed by atoms with Gasteiger partial charge in [-0.3, -0.25) is 14.5 Å². The van der Waals surface area contributed by atoms with Gasteiger partial charge in [0.2, 0.25) is 11.8 Å². The lowest BCUT2D eigenvalue weighted by Crippen LogP contribution is -2.33. The van der Waals surface area contributed by atoms with Gasteiger partial charge in [-0.2, -0.15) is 8.78 Å². The van der Waals surface area contributed by atoms with E-state index in [1.54, 1.807) is 19.9 Å². The monoisotopic (exact) mass is 510 g/mol. The molecule has 0 aliphatic carbocycles. The summed E-state index contributed by atoms with van der Waals surface area (Å²) in [6.45, 7) is 1.99. The Kier molecular flexibility index (Phi) is 6.19. The number of carbonyl (C=O) groups is 2. The van der Waals surface area contributed by atoms with Gasteiger partial charge in [0.1, 0.15) is 9.84 Å². The predicted octanol–water partition coefficient (Wildman–Crippen LogP) is 4.57. The van der Waals surface area contributed by atoms with Crippen molar-refractivity contribution < 1.29 is 35.9 Å². The number of alkyl halides is 2. The summed E-state index contributed by atoms with van der Waals surface area (Å²) in [6, 6.07) is 5.58. The van der Waals surface area contributed by atoms with Crippen molar-refractivity contribution in [3.8, 4) is 5.88 Å². The van der Waals surface area contributed by atoms with Crippen LogP contribution in [0.4, 0.5) is 24.5 Å². The fraction of sp³-hybridized carbons (Fsp3) is 0.458. The summed E-state index contributed by atoms with van der Waals surface area (Å²) in [6.07, 6.45) is 1.66. The van der Waals surface area contributed by atoms with Gasteiger partial charge >= 0.3 is 6.61 Å². The molecule has 0 unspecified atom stereocenters. The van der Waals surface area contributed by atoms with E-state index in [-0.39, 0.29) is 29.4 Å². The number of sulfone groups is 1. The van der Waals surface area contributed by atoms with E-state index >= 15 is 0 Å². The highest BCUT2D eigenvalue weighted by Crippen LogP contribution is 2.47. The number of ether oxygens (including phenoxy) is 1. The van der Waals surface area contributed by atoms with Gasteiger partial charge in [0.25, 0.3) is 0 Å². The van der Waals surface area contributed by atoms with Crippen molar-refractivity contribution >= 4 is 32.9 Å². The molecule has 1 saturated heterocycles. The molecule has 2 aliphatic heterocycles. The zero-order chi connectivity index (χ0) is 25.8. The van der Waals surface area contributed by atoms with E-state index in [4.69, 9.17) is 0 Å². The van der Waals surface area contributed by atoms with Crippen LogP contribution in [0, 0.1) is 11.2 Å². The van der Waals surface area contributed by atoms with E-state index in [1.165, 1.54) is 12.1 Å². The number of hydrogen-bond acceptors (Lipinski definition) is 6. The SMILES string of the molecule is CC1(CC(=O)c2ccc3c(c2)C(C)(C)C(=O)N3c2cc(OC(F)F)ncc2F)CCS(=O)(=O)CC1. The Morgan fingerprint density at radius 1 is 1.14 bits per heavy atom. The second kappa shape index (κ2) is 8.61. The summed E-state index contributed by atoms with van der Waals surface area (Å²) in [7, 11) is -3.07. The molecule has 0 N–H and O–H groups in total. The largest absolute Gasteiger partial charge is 0.417 e. The Balaban J connectivity index is 1.66. The van der Waals surface area contributed by atoms with Crippen LogP contribution in [-0.2, 0) is 20.0 Å². The van der Waals surface area contributed by atoms with Crippen molar-refractivity contribution in [2.75, 3.05) is 16.4 Å². The Morgan fingerprint density at radius 3 is 2.43 bits per heavy atom. The summed E-state index contributed by atoms with van der Waals surface area (Å²) in [5.41, 5.74) is -0.703. The molecule has 0 saturated carbocycles. The van der Waals surface area contributed by atoms with Gasteiger partial charge in [-0.1, -0.05) is 6.92 Å². The van der Waals surface area contributed by atoms with Gasteiger partial charge in [-0.05, 0) is 55.9 Å². The topological polar surface area (TPSA) is 93.6 Å². The van der Waals surface area contributed by atoms with Crippen LogP contribution in [-0.4, -0.2) is 43.2 Å². The van der Waals surface area contributed by atoms with E-state index in [1.807, 2.05) is 6.92 Å². The third-order valence-electron chi connectivity index (χ3n) is 6.85. The Bertz CT molecular complexity index is 1300. The van der Waals surface area contributed by atoms with Crippen LogP contribution < -0.4 is 9.64 Å². The minimum Gasteiger partial charge on any atom is -0.417 e. The molecule has 1 amide bonds. The van der Waals surface area contributed by atoms with Crippen molar-refractivity contribution in [3.05, 3.63) is 47.4 Å². The minimum atomic E-state index is -3.17. The van der Waals surface area contributed by atoms with E-state index in [0.29, 0.717) is 35.9 Å². The van der Waals surface area contributed by atoms with Crippen LogP contribution in [0.25, 0.3) is 0 Å². The number of carbonyl (C=O) groups excluding carboxylic acids is 2. The van der Waals surface area contributed by atoms with Gasteiger partial charge in [-0.15, -0.1) is 0 Å². The summed E-state index contributed by atoms with van der Waals surface area (Å²) < 4.78 is 67.7. The van der Waals surface area contributed by atoms with Gasteiger partial charge < -0.3 is 4.74 Å². The number of halogens is 3. The smallest absolute Gasteiger partial charge is 0.388 e. The molecule has 1 fully saturated rings. The number of ketones is 1. The Hall–Kier alpha value is -2.95. The third-order valence-corrected chi connectivity index (χ3v) is 8.50. The zero-order valence-corrected chi connectivity index (χ0v) is 20.3. The number of aromatic nitrogens is 1. The number of hydrogen-bond donors (Lipinski definition) is 0.